The predicted octanol–water partition coefficient (Wildman–Crippen LogP) is 2.93. The fourth-order valence-corrected chi connectivity index (χ4v) is 3.72. The summed E-state index contributed by atoms with van der Waals surface area (Å²) in [5, 5.41) is 0. The number of amides is 1. The first-order valence-electron chi connectivity index (χ1n) is 7.54. The minimum atomic E-state index is -3.81. The van der Waals surface area contributed by atoms with Gasteiger partial charge in [-0.25, -0.2) is 12.8 Å². The molecule has 0 heterocycles. The van der Waals surface area contributed by atoms with E-state index in [1.165, 1.54) is 30.0 Å². The van der Waals surface area contributed by atoms with Gasteiger partial charge in [0, 0.05) is 17.1 Å². The number of carbonyl (C=O) groups excluding carboxylic acids is 1. The van der Waals surface area contributed by atoms with Crippen LogP contribution in [0.2, 0.25) is 0 Å². The highest BCUT2D eigenvalue weighted by Crippen LogP contribution is 2.18. The van der Waals surface area contributed by atoms with E-state index in [0.29, 0.717) is 5.75 Å². The standard InChI is InChI=1S/C17H19FN2O3S2/c1-12-3-8-16(11-13(12)2)25(22,23)20-19-17(21)9-10-24-15-6-4-14(18)5-7-15/h3-8,11,20H,9-10H2,1-2H3,(H,19,21). The summed E-state index contributed by atoms with van der Waals surface area (Å²) in [6.07, 6.45) is 0.123. The Balaban J connectivity index is 1.82. The Hall–Kier alpha value is -1.90. The minimum absolute atomic E-state index is 0.0941. The molecule has 0 radical (unpaired) electrons. The molecular formula is C17H19FN2O3S2. The van der Waals surface area contributed by atoms with E-state index in [9.17, 15) is 17.6 Å². The highest BCUT2D eigenvalue weighted by molar-refractivity contribution is 7.99. The monoisotopic (exact) mass is 382 g/mol. The molecule has 2 rings (SSSR count). The van der Waals surface area contributed by atoms with Crippen molar-refractivity contribution in [1.29, 1.82) is 0 Å². The molecule has 25 heavy (non-hydrogen) atoms. The van der Waals surface area contributed by atoms with E-state index >= 15 is 0 Å². The SMILES string of the molecule is Cc1ccc(S(=O)(=O)NNC(=O)CCSc2ccc(F)cc2)cc1C. The zero-order valence-corrected chi connectivity index (χ0v) is 15.5. The number of aryl methyl sites for hydroxylation is 2. The molecule has 0 bridgehead atoms. The molecule has 0 saturated carbocycles. The minimum Gasteiger partial charge on any atom is -0.278 e. The van der Waals surface area contributed by atoms with E-state index in [1.54, 1.807) is 24.3 Å². The van der Waals surface area contributed by atoms with Crippen LogP contribution in [-0.2, 0) is 14.8 Å². The second-order valence-electron chi connectivity index (χ2n) is 5.45. The number of thioether (sulfide) groups is 1. The molecule has 0 fully saturated rings. The van der Waals surface area contributed by atoms with Crippen LogP contribution in [0.25, 0.3) is 0 Å². The molecule has 0 aliphatic carbocycles. The topological polar surface area (TPSA) is 75.3 Å². The molecule has 0 spiro atoms. The maximum Gasteiger partial charge on any atom is 0.257 e. The van der Waals surface area contributed by atoms with Crippen molar-refractivity contribution in [2.75, 3.05) is 5.75 Å². The summed E-state index contributed by atoms with van der Waals surface area (Å²) in [7, 11) is -3.81. The van der Waals surface area contributed by atoms with Crippen molar-refractivity contribution >= 4 is 27.7 Å². The van der Waals surface area contributed by atoms with Gasteiger partial charge < -0.3 is 0 Å². The van der Waals surface area contributed by atoms with Gasteiger partial charge in [-0.15, -0.1) is 16.6 Å². The molecule has 8 heteroatoms. The van der Waals surface area contributed by atoms with Gasteiger partial charge in [0.1, 0.15) is 5.82 Å². The van der Waals surface area contributed by atoms with Crippen molar-refractivity contribution < 1.29 is 17.6 Å². The Morgan fingerprint density at radius 1 is 1.08 bits per heavy atom. The summed E-state index contributed by atoms with van der Waals surface area (Å²) < 4.78 is 37.1. The van der Waals surface area contributed by atoms with Crippen LogP contribution < -0.4 is 10.3 Å². The molecule has 0 aromatic heterocycles. The maximum atomic E-state index is 12.8. The second kappa shape index (κ2) is 8.46. The molecule has 1 amide bonds. The van der Waals surface area contributed by atoms with Crippen LogP contribution in [0.15, 0.2) is 52.3 Å². The van der Waals surface area contributed by atoms with Crippen molar-refractivity contribution in [3.8, 4) is 0 Å². The first-order chi connectivity index (χ1) is 11.8. The third-order valence-corrected chi connectivity index (χ3v) is 5.78. The molecule has 134 valence electrons. The van der Waals surface area contributed by atoms with Crippen molar-refractivity contribution in [1.82, 2.24) is 10.3 Å². The summed E-state index contributed by atoms with van der Waals surface area (Å²) in [6, 6.07) is 10.7. The number of hydrogen-bond donors (Lipinski definition) is 2. The number of nitrogens with one attached hydrogen (secondary N) is 2. The van der Waals surface area contributed by atoms with Gasteiger partial charge in [0.05, 0.1) is 4.90 Å². The van der Waals surface area contributed by atoms with E-state index in [4.69, 9.17) is 0 Å². The van der Waals surface area contributed by atoms with Crippen LogP contribution >= 0.6 is 11.8 Å². The van der Waals surface area contributed by atoms with Crippen molar-refractivity contribution in [2.45, 2.75) is 30.1 Å². The average Bonchev–Trinajstić information content (AvgIpc) is 2.57. The molecule has 0 aliphatic rings. The molecule has 2 aromatic carbocycles. The van der Waals surface area contributed by atoms with E-state index in [-0.39, 0.29) is 17.1 Å². The second-order valence-corrected chi connectivity index (χ2v) is 8.30. The average molecular weight is 382 g/mol. The number of hydrazine groups is 1. The zero-order valence-electron chi connectivity index (χ0n) is 13.9. The first-order valence-corrected chi connectivity index (χ1v) is 10.0. The zero-order chi connectivity index (χ0) is 18.4. The molecule has 0 atom stereocenters. The molecule has 2 N–H and O–H groups in total. The summed E-state index contributed by atoms with van der Waals surface area (Å²) >= 11 is 1.39. The first kappa shape index (κ1) is 19.4. The van der Waals surface area contributed by atoms with E-state index < -0.39 is 15.9 Å². The predicted molar refractivity (Wildman–Crippen MR) is 96.1 cm³/mol. The summed E-state index contributed by atoms with van der Waals surface area (Å²) in [5.74, 6) is -0.312. The quantitative estimate of drug-likeness (QED) is 0.570. The highest BCUT2D eigenvalue weighted by atomic mass is 32.2. The van der Waals surface area contributed by atoms with Crippen LogP contribution in [-0.4, -0.2) is 20.1 Å². The Morgan fingerprint density at radius 2 is 1.76 bits per heavy atom. The lowest BCUT2D eigenvalue weighted by atomic mass is 10.1. The van der Waals surface area contributed by atoms with Crippen molar-refractivity contribution in [3.05, 3.63) is 59.4 Å². The van der Waals surface area contributed by atoms with Gasteiger partial charge in [0.15, 0.2) is 0 Å². The number of carbonyl (C=O) groups is 1. The van der Waals surface area contributed by atoms with Gasteiger partial charge in [-0.05, 0) is 61.4 Å². The van der Waals surface area contributed by atoms with Gasteiger partial charge in [-0.2, -0.15) is 0 Å². The Kier molecular flexibility index (Phi) is 6.57. The number of benzene rings is 2. The van der Waals surface area contributed by atoms with Gasteiger partial charge in [-0.1, -0.05) is 6.07 Å². The summed E-state index contributed by atoms with van der Waals surface area (Å²) in [5.41, 5.74) is 4.04. The Labute approximate surface area is 151 Å². The van der Waals surface area contributed by atoms with Gasteiger partial charge in [0.2, 0.25) is 5.91 Å². The molecular weight excluding hydrogens is 363 g/mol. The molecule has 0 unspecified atom stereocenters. The lowest BCUT2D eigenvalue weighted by Gasteiger charge is -2.10. The Morgan fingerprint density at radius 3 is 2.40 bits per heavy atom. The van der Waals surface area contributed by atoms with Crippen LogP contribution in [0.5, 0.6) is 0 Å². The Bertz CT molecular complexity index is 853. The van der Waals surface area contributed by atoms with Crippen LogP contribution in [0.3, 0.4) is 0 Å². The number of halogens is 1. The number of hydrogen-bond acceptors (Lipinski definition) is 4. The molecule has 0 saturated heterocycles. The number of sulfonamides is 1. The summed E-state index contributed by atoms with van der Waals surface area (Å²) in [4.78, 5) is 14.8. The van der Waals surface area contributed by atoms with Crippen molar-refractivity contribution in [2.24, 2.45) is 0 Å². The van der Waals surface area contributed by atoms with E-state index in [0.717, 1.165) is 16.0 Å². The molecule has 0 aliphatic heterocycles. The highest BCUT2D eigenvalue weighted by Gasteiger charge is 2.15. The van der Waals surface area contributed by atoms with Crippen LogP contribution in [0, 0.1) is 19.7 Å². The smallest absolute Gasteiger partial charge is 0.257 e. The third-order valence-electron chi connectivity index (χ3n) is 3.52. The van der Waals surface area contributed by atoms with Gasteiger partial charge >= 0.3 is 0 Å². The normalized spacial score (nSPS) is 11.3. The van der Waals surface area contributed by atoms with Crippen LogP contribution in [0.1, 0.15) is 17.5 Å². The molecule has 2 aromatic rings. The lowest BCUT2D eigenvalue weighted by molar-refractivity contribution is -0.121. The fourth-order valence-electron chi connectivity index (χ4n) is 1.92. The van der Waals surface area contributed by atoms with Crippen LogP contribution in [0.4, 0.5) is 4.39 Å². The van der Waals surface area contributed by atoms with E-state index in [2.05, 4.69) is 10.3 Å². The number of rotatable bonds is 7. The maximum absolute atomic E-state index is 12.8. The fraction of sp³-hybridized carbons (Fsp3) is 0.235. The van der Waals surface area contributed by atoms with E-state index in [1.807, 2.05) is 13.8 Å². The van der Waals surface area contributed by atoms with Gasteiger partial charge in [-0.3, -0.25) is 10.2 Å². The van der Waals surface area contributed by atoms with Gasteiger partial charge in [0.25, 0.3) is 10.0 Å². The molecule has 5 nitrogen and oxygen atoms in total. The largest absolute Gasteiger partial charge is 0.278 e. The summed E-state index contributed by atoms with van der Waals surface area (Å²) in [6.45, 7) is 3.71. The van der Waals surface area contributed by atoms with Crippen molar-refractivity contribution in [3.63, 3.8) is 0 Å². The lowest BCUT2D eigenvalue weighted by Crippen LogP contribution is -2.41. The third kappa shape index (κ3) is 5.84.